The monoisotopic (exact) mass is 234 g/mol. The van der Waals surface area contributed by atoms with Crippen LogP contribution in [0.3, 0.4) is 0 Å². The molecule has 0 nitrogen and oxygen atoms in total. The number of hydrogen-bond acceptors (Lipinski definition) is 1. The summed E-state index contributed by atoms with van der Waals surface area (Å²) in [5.41, 5.74) is 0.726. The zero-order valence-electron chi connectivity index (χ0n) is 6.98. The summed E-state index contributed by atoms with van der Waals surface area (Å²) in [6, 6.07) is 0. The minimum absolute atomic E-state index is 0.726. The van der Waals surface area contributed by atoms with Gasteiger partial charge in [-0.15, -0.1) is 0 Å². The first-order chi connectivity index (χ1) is 5.29. The van der Waals surface area contributed by atoms with Gasteiger partial charge in [-0.05, 0) is 41.6 Å². The molecule has 1 saturated heterocycles. The molecule has 0 aromatic heterocycles. The average molecular weight is 235 g/mol. The molecule has 2 aliphatic rings. The second-order valence-corrected chi connectivity index (χ2v) is 5.74. The zero-order chi connectivity index (χ0) is 7.90. The highest BCUT2D eigenvalue weighted by Gasteiger charge is 2.55. The molecule has 0 amide bonds. The third-order valence-corrected chi connectivity index (χ3v) is 5.71. The van der Waals surface area contributed by atoms with Crippen LogP contribution >= 0.6 is 27.7 Å². The standard InChI is InChI=1S/C9H15BrS/c1-7-4-9(7,6-10)8-2-3-11-5-8/h7-8H,2-6H2,1H3. The van der Waals surface area contributed by atoms with Crippen molar-refractivity contribution < 1.29 is 0 Å². The van der Waals surface area contributed by atoms with Crippen LogP contribution in [-0.2, 0) is 0 Å². The average Bonchev–Trinajstić information content (AvgIpc) is 2.55. The molecule has 0 spiro atoms. The van der Waals surface area contributed by atoms with E-state index >= 15 is 0 Å². The van der Waals surface area contributed by atoms with Crippen molar-refractivity contribution in [2.75, 3.05) is 16.8 Å². The van der Waals surface area contributed by atoms with Crippen LogP contribution in [0.1, 0.15) is 19.8 Å². The summed E-state index contributed by atoms with van der Waals surface area (Å²) in [5, 5.41) is 1.24. The summed E-state index contributed by atoms with van der Waals surface area (Å²) >= 11 is 5.82. The van der Waals surface area contributed by atoms with E-state index in [0.29, 0.717) is 0 Å². The predicted molar refractivity (Wildman–Crippen MR) is 55.4 cm³/mol. The molecule has 3 atom stereocenters. The van der Waals surface area contributed by atoms with E-state index in [0.717, 1.165) is 17.3 Å². The largest absolute Gasteiger partial charge is 0.162 e. The van der Waals surface area contributed by atoms with Gasteiger partial charge < -0.3 is 0 Å². The number of thioether (sulfide) groups is 1. The molecule has 2 rings (SSSR count). The fourth-order valence-electron chi connectivity index (χ4n) is 2.36. The molecular formula is C9H15BrS. The molecule has 3 unspecified atom stereocenters. The van der Waals surface area contributed by atoms with Gasteiger partial charge in [0.15, 0.2) is 0 Å². The van der Waals surface area contributed by atoms with Gasteiger partial charge in [0.2, 0.25) is 0 Å². The molecule has 1 heterocycles. The smallest absolute Gasteiger partial charge is 0.00935 e. The predicted octanol–water partition coefficient (Wildman–Crippen LogP) is 3.16. The highest BCUT2D eigenvalue weighted by Crippen LogP contribution is 2.61. The molecule has 1 aliphatic heterocycles. The zero-order valence-corrected chi connectivity index (χ0v) is 9.38. The van der Waals surface area contributed by atoms with Gasteiger partial charge in [0.1, 0.15) is 0 Å². The fraction of sp³-hybridized carbons (Fsp3) is 1.00. The molecule has 64 valence electrons. The van der Waals surface area contributed by atoms with Crippen LogP contribution in [0.2, 0.25) is 0 Å². The molecule has 0 N–H and O–H groups in total. The van der Waals surface area contributed by atoms with E-state index in [4.69, 9.17) is 0 Å². The molecule has 1 saturated carbocycles. The normalized spacial score (nSPS) is 49.6. The SMILES string of the molecule is CC1CC1(CBr)C1CCSC1. The third-order valence-electron chi connectivity index (χ3n) is 3.50. The second-order valence-electron chi connectivity index (χ2n) is 4.03. The van der Waals surface area contributed by atoms with Gasteiger partial charge in [-0.3, -0.25) is 0 Å². The van der Waals surface area contributed by atoms with Gasteiger partial charge in [0, 0.05) is 5.33 Å². The van der Waals surface area contributed by atoms with E-state index in [1.165, 1.54) is 29.7 Å². The molecule has 2 heteroatoms. The Hall–Kier alpha value is 0.830. The highest BCUT2D eigenvalue weighted by atomic mass is 79.9. The van der Waals surface area contributed by atoms with Crippen molar-refractivity contribution in [3.8, 4) is 0 Å². The van der Waals surface area contributed by atoms with Gasteiger partial charge in [0.05, 0.1) is 0 Å². The Morgan fingerprint density at radius 1 is 1.64 bits per heavy atom. The lowest BCUT2D eigenvalue weighted by molar-refractivity contribution is 0.355. The fourth-order valence-corrected chi connectivity index (χ4v) is 5.00. The van der Waals surface area contributed by atoms with Gasteiger partial charge in [-0.25, -0.2) is 0 Å². The number of rotatable bonds is 2. The molecule has 2 fully saturated rings. The maximum atomic E-state index is 3.67. The Morgan fingerprint density at radius 2 is 2.36 bits per heavy atom. The second kappa shape index (κ2) is 2.95. The number of hydrogen-bond donors (Lipinski definition) is 0. The maximum absolute atomic E-state index is 3.67. The van der Waals surface area contributed by atoms with Gasteiger partial charge >= 0.3 is 0 Å². The molecule has 0 aromatic rings. The summed E-state index contributed by atoms with van der Waals surface area (Å²) in [6.07, 6.45) is 2.95. The molecule has 0 bridgehead atoms. The Balaban J connectivity index is 2.01. The van der Waals surface area contributed by atoms with E-state index < -0.39 is 0 Å². The Labute approximate surface area is 81.6 Å². The molecule has 11 heavy (non-hydrogen) atoms. The Kier molecular flexibility index (Phi) is 2.26. The summed E-state index contributed by atoms with van der Waals surface area (Å²) in [5.74, 6) is 4.86. The van der Waals surface area contributed by atoms with Crippen molar-refractivity contribution in [2.45, 2.75) is 19.8 Å². The lowest BCUT2D eigenvalue weighted by atomic mass is 9.88. The van der Waals surface area contributed by atoms with Crippen LogP contribution in [0, 0.1) is 17.3 Å². The molecule has 1 aliphatic carbocycles. The van der Waals surface area contributed by atoms with Gasteiger partial charge in [-0.2, -0.15) is 11.8 Å². The van der Waals surface area contributed by atoms with Crippen LogP contribution in [-0.4, -0.2) is 16.8 Å². The topological polar surface area (TPSA) is 0 Å². The van der Waals surface area contributed by atoms with Crippen molar-refractivity contribution >= 4 is 27.7 Å². The summed E-state index contributed by atoms with van der Waals surface area (Å²) < 4.78 is 0. The quantitative estimate of drug-likeness (QED) is 0.662. The van der Waals surface area contributed by atoms with Crippen molar-refractivity contribution in [2.24, 2.45) is 17.3 Å². The molecular weight excluding hydrogens is 220 g/mol. The van der Waals surface area contributed by atoms with Crippen molar-refractivity contribution in [3.63, 3.8) is 0 Å². The highest BCUT2D eigenvalue weighted by molar-refractivity contribution is 9.09. The third kappa shape index (κ3) is 1.27. The van der Waals surface area contributed by atoms with Crippen molar-refractivity contribution in [1.82, 2.24) is 0 Å². The van der Waals surface area contributed by atoms with Gasteiger partial charge in [-0.1, -0.05) is 22.9 Å². The van der Waals surface area contributed by atoms with Crippen molar-refractivity contribution in [1.29, 1.82) is 0 Å². The van der Waals surface area contributed by atoms with Crippen LogP contribution in [0.5, 0.6) is 0 Å². The van der Waals surface area contributed by atoms with E-state index in [9.17, 15) is 0 Å². The van der Waals surface area contributed by atoms with Crippen LogP contribution < -0.4 is 0 Å². The number of halogens is 1. The summed E-state index contributed by atoms with van der Waals surface area (Å²) in [7, 11) is 0. The number of alkyl halides is 1. The minimum atomic E-state index is 0.726. The van der Waals surface area contributed by atoms with E-state index in [1.807, 2.05) is 0 Å². The molecule has 0 radical (unpaired) electrons. The minimum Gasteiger partial charge on any atom is -0.162 e. The van der Waals surface area contributed by atoms with Crippen LogP contribution in [0.4, 0.5) is 0 Å². The van der Waals surface area contributed by atoms with Crippen LogP contribution in [0.15, 0.2) is 0 Å². The lowest BCUT2D eigenvalue weighted by Crippen LogP contribution is -2.18. The van der Waals surface area contributed by atoms with Crippen molar-refractivity contribution in [3.05, 3.63) is 0 Å². The summed E-state index contributed by atoms with van der Waals surface area (Å²) in [6.45, 7) is 2.41. The first kappa shape index (κ1) is 8.43. The first-order valence-electron chi connectivity index (χ1n) is 4.43. The molecule has 0 aromatic carbocycles. The summed E-state index contributed by atoms with van der Waals surface area (Å²) in [4.78, 5) is 0. The first-order valence-corrected chi connectivity index (χ1v) is 6.71. The maximum Gasteiger partial charge on any atom is 0.00935 e. The Bertz CT molecular complexity index is 150. The van der Waals surface area contributed by atoms with E-state index in [1.54, 1.807) is 0 Å². The lowest BCUT2D eigenvalue weighted by Gasteiger charge is -2.20. The Morgan fingerprint density at radius 3 is 2.73 bits per heavy atom. The van der Waals surface area contributed by atoms with Gasteiger partial charge in [0.25, 0.3) is 0 Å². The van der Waals surface area contributed by atoms with E-state index in [-0.39, 0.29) is 0 Å². The van der Waals surface area contributed by atoms with E-state index in [2.05, 4.69) is 34.6 Å². The van der Waals surface area contributed by atoms with Crippen LogP contribution in [0.25, 0.3) is 0 Å².